The Hall–Kier alpha value is -2.01. The number of rotatable bonds is 4. The molecule has 0 aliphatic heterocycles. The van der Waals surface area contributed by atoms with Crippen LogP contribution >= 0.6 is 12.2 Å². The van der Waals surface area contributed by atoms with Gasteiger partial charge < -0.3 is 11.1 Å². The first kappa shape index (κ1) is 13.9. The monoisotopic (exact) mass is 298 g/mol. The largest absolute Gasteiger partial charge is 0.389 e. The average Bonchev–Trinajstić information content (AvgIpc) is 2.92. The molecule has 3 rings (SSSR count). The summed E-state index contributed by atoms with van der Waals surface area (Å²) in [7, 11) is 0. The lowest BCUT2D eigenvalue weighted by Crippen LogP contribution is -2.16. The maximum Gasteiger partial charge on any atom is 0.136 e. The van der Waals surface area contributed by atoms with E-state index in [0.29, 0.717) is 11.5 Å². The van der Waals surface area contributed by atoms with E-state index >= 15 is 0 Å². The number of aryl methyl sites for hydroxylation is 3. The molecule has 2 aromatic rings. The summed E-state index contributed by atoms with van der Waals surface area (Å²) in [6.07, 6.45) is 6.93. The first-order chi connectivity index (χ1) is 10.1. The van der Waals surface area contributed by atoms with Gasteiger partial charge in [0.15, 0.2) is 0 Å². The number of fused-ring (bicyclic) bond motifs is 1. The van der Waals surface area contributed by atoms with Gasteiger partial charge in [0.05, 0.1) is 5.56 Å². The van der Waals surface area contributed by atoms with Crippen LogP contribution in [0.3, 0.4) is 0 Å². The Labute approximate surface area is 129 Å². The van der Waals surface area contributed by atoms with Gasteiger partial charge in [-0.2, -0.15) is 0 Å². The molecule has 0 saturated carbocycles. The molecule has 1 aliphatic rings. The second-order valence-corrected chi connectivity index (χ2v) is 5.80. The fourth-order valence-corrected chi connectivity index (χ4v) is 2.83. The third-order valence-corrected chi connectivity index (χ3v) is 4.12. The van der Waals surface area contributed by atoms with Crippen LogP contribution in [0.25, 0.3) is 0 Å². The standard InChI is InChI=1S/C16H18N4S/c1-10-8-18-6-5-12(10)9-19-16-13(15(17)21)7-11-3-2-4-14(11)20-16/h5-8H,2-4,9H2,1H3,(H2,17,21)(H,19,20). The Morgan fingerprint density at radius 2 is 2.29 bits per heavy atom. The molecule has 5 heteroatoms. The lowest BCUT2D eigenvalue weighted by atomic mass is 10.1. The Kier molecular flexibility index (Phi) is 3.84. The first-order valence-corrected chi connectivity index (χ1v) is 7.52. The summed E-state index contributed by atoms with van der Waals surface area (Å²) in [6, 6.07) is 4.11. The molecular formula is C16H18N4S. The van der Waals surface area contributed by atoms with E-state index in [1.54, 1.807) is 6.20 Å². The van der Waals surface area contributed by atoms with Crippen molar-refractivity contribution in [2.24, 2.45) is 5.73 Å². The summed E-state index contributed by atoms with van der Waals surface area (Å²) in [6.45, 7) is 2.74. The van der Waals surface area contributed by atoms with Crippen molar-refractivity contribution in [2.45, 2.75) is 32.7 Å². The molecule has 0 bridgehead atoms. The molecule has 108 valence electrons. The summed E-state index contributed by atoms with van der Waals surface area (Å²) in [5.41, 5.74) is 11.5. The average molecular weight is 298 g/mol. The Bertz CT molecular complexity index is 697. The van der Waals surface area contributed by atoms with Crippen molar-refractivity contribution in [3.05, 3.63) is 52.5 Å². The molecule has 0 amide bonds. The molecule has 2 heterocycles. The Morgan fingerprint density at radius 3 is 3.05 bits per heavy atom. The zero-order valence-corrected chi connectivity index (χ0v) is 12.8. The van der Waals surface area contributed by atoms with E-state index in [2.05, 4.69) is 23.3 Å². The molecule has 3 N–H and O–H groups in total. The van der Waals surface area contributed by atoms with Crippen molar-refractivity contribution in [3.63, 3.8) is 0 Å². The van der Waals surface area contributed by atoms with Crippen LogP contribution < -0.4 is 11.1 Å². The van der Waals surface area contributed by atoms with Crippen LogP contribution in [0.15, 0.2) is 24.5 Å². The van der Waals surface area contributed by atoms with Crippen LogP contribution in [0.5, 0.6) is 0 Å². The van der Waals surface area contributed by atoms with E-state index < -0.39 is 0 Å². The number of anilines is 1. The molecule has 0 aromatic carbocycles. The maximum absolute atomic E-state index is 5.85. The molecule has 0 atom stereocenters. The summed E-state index contributed by atoms with van der Waals surface area (Å²) in [5, 5.41) is 3.38. The molecule has 1 aliphatic carbocycles. The highest BCUT2D eigenvalue weighted by Crippen LogP contribution is 2.25. The van der Waals surface area contributed by atoms with Crippen molar-refractivity contribution in [3.8, 4) is 0 Å². The molecular weight excluding hydrogens is 280 g/mol. The Balaban J connectivity index is 1.88. The van der Waals surface area contributed by atoms with Crippen LogP contribution in [0.4, 0.5) is 5.82 Å². The molecule has 0 fully saturated rings. The second kappa shape index (κ2) is 5.77. The van der Waals surface area contributed by atoms with Crippen molar-refractivity contribution >= 4 is 23.0 Å². The highest BCUT2D eigenvalue weighted by Gasteiger charge is 2.17. The zero-order chi connectivity index (χ0) is 14.8. The molecule has 2 aromatic heterocycles. The van der Waals surface area contributed by atoms with Crippen molar-refractivity contribution in [1.82, 2.24) is 9.97 Å². The van der Waals surface area contributed by atoms with E-state index in [1.165, 1.54) is 16.8 Å². The number of thiocarbonyl (C=S) groups is 1. The minimum atomic E-state index is 0.395. The van der Waals surface area contributed by atoms with Crippen molar-refractivity contribution < 1.29 is 0 Å². The predicted octanol–water partition coefficient (Wildman–Crippen LogP) is 2.52. The number of nitrogens with two attached hydrogens (primary N) is 1. The summed E-state index contributed by atoms with van der Waals surface area (Å²) < 4.78 is 0. The summed E-state index contributed by atoms with van der Waals surface area (Å²) in [5.74, 6) is 0.791. The topological polar surface area (TPSA) is 63.8 Å². The lowest BCUT2D eigenvalue weighted by molar-refractivity contribution is 0.899. The molecule has 0 saturated heterocycles. The molecule has 0 radical (unpaired) electrons. The predicted molar refractivity (Wildman–Crippen MR) is 88.5 cm³/mol. The summed E-state index contributed by atoms with van der Waals surface area (Å²) >= 11 is 5.17. The lowest BCUT2D eigenvalue weighted by Gasteiger charge is -2.13. The van der Waals surface area contributed by atoms with E-state index in [9.17, 15) is 0 Å². The quantitative estimate of drug-likeness (QED) is 0.849. The van der Waals surface area contributed by atoms with Gasteiger partial charge in [0.1, 0.15) is 10.8 Å². The molecule has 0 unspecified atom stereocenters. The third-order valence-electron chi connectivity index (χ3n) is 3.90. The number of hydrogen-bond donors (Lipinski definition) is 2. The molecule has 4 nitrogen and oxygen atoms in total. The summed E-state index contributed by atoms with van der Waals surface area (Å²) in [4.78, 5) is 9.23. The van der Waals surface area contributed by atoms with Gasteiger partial charge >= 0.3 is 0 Å². The van der Waals surface area contributed by atoms with Crippen molar-refractivity contribution in [1.29, 1.82) is 0 Å². The van der Waals surface area contributed by atoms with E-state index in [-0.39, 0.29) is 0 Å². The SMILES string of the molecule is Cc1cnccc1CNc1nc2c(cc1C(N)=S)CCC2. The minimum Gasteiger partial charge on any atom is -0.389 e. The van der Waals surface area contributed by atoms with Crippen LogP contribution in [-0.2, 0) is 19.4 Å². The second-order valence-electron chi connectivity index (χ2n) is 5.36. The van der Waals surface area contributed by atoms with Crippen LogP contribution in [0.1, 0.15) is 34.4 Å². The van der Waals surface area contributed by atoms with Gasteiger partial charge in [-0.15, -0.1) is 0 Å². The number of nitrogens with zero attached hydrogens (tertiary/aromatic N) is 2. The number of aromatic nitrogens is 2. The van der Waals surface area contributed by atoms with Gasteiger partial charge in [0.2, 0.25) is 0 Å². The first-order valence-electron chi connectivity index (χ1n) is 7.11. The van der Waals surface area contributed by atoms with Gasteiger partial charge in [0, 0.05) is 24.6 Å². The van der Waals surface area contributed by atoms with Crippen LogP contribution in [-0.4, -0.2) is 15.0 Å². The zero-order valence-electron chi connectivity index (χ0n) is 12.0. The van der Waals surface area contributed by atoms with Gasteiger partial charge in [-0.25, -0.2) is 4.98 Å². The van der Waals surface area contributed by atoms with E-state index in [4.69, 9.17) is 22.9 Å². The van der Waals surface area contributed by atoms with E-state index in [0.717, 1.165) is 36.2 Å². The van der Waals surface area contributed by atoms with Crippen LogP contribution in [0, 0.1) is 6.92 Å². The maximum atomic E-state index is 5.85. The number of nitrogens with one attached hydrogen (secondary N) is 1. The minimum absolute atomic E-state index is 0.395. The highest BCUT2D eigenvalue weighted by atomic mass is 32.1. The third kappa shape index (κ3) is 2.88. The highest BCUT2D eigenvalue weighted by molar-refractivity contribution is 7.80. The Morgan fingerprint density at radius 1 is 1.43 bits per heavy atom. The van der Waals surface area contributed by atoms with Crippen LogP contribution in [0.2, 0.25) is 0 Å². The van der Waals surface area contributed by atoms with Gasteiger partial charge in [-0.05, 0) is 55.0 Å². The number of hydrogen-bond acceptors (Lipinski definition) is 4. The fraction of sp³-hybridized carbons (Fsp3) is 0.312. The fourth-order valence-electron chi connectivity index (χ4n) is 2.67. The number of pyridine rings is 2. The van der Waals surface area contributed by atoms with Crippen molar-refractivity contribution in [2.75, 3.05) is 5.32 Å². The molecule has 0 spiro atoms. The smallest absolute Gasteiger partial charge is 0.136 e. The van der Waals surface area contributed by atoms with Gasteiger partial charge in [0.25, 0.3) is 0 Å². The van der Waals surface area contributed by atoms with Gasteiger partial charge in [-0.1, -0.05) is 12.2 Å². The van der Waals surface area contributed by atoms with E-state index in [1.807, 2.05) is 12.3 Å². The van der Waals surface area contributed by atoms with Gasteiger partial charge in [-0.3, -0.25) is 4.98 Å². The molecule has 21 heavy (non-hydrogen) atoms. The normalized spacial score (nSPS) is 13.0.